The summed E-state index contributed by atoms with van der Waals surface area (Å²) in [7, 11) is -3.60. The average Bonchev–Trinajstić information content (AvgIpc) is 2.75. The molecule has 1 aliphatic rings. The number of aryl methyl sites for hydroxylation is 1. The zero-order valence-electron chi connectivity index (χ0n) is 17.9. The number of aromatic nitrogens is 1. The van der Waals surface area contributed by atoms with Gasteiger partial charge in [0.1, 0.15) is 0 Å². The van der Waals surface area contributed by atoms with E-state index < -0.39 is 10.0 Å². The normalized spacial score (nSPS) is 15.5. The third-order valence-corrected chi connectivity index (χ3v) is 7.62. The molecule has 8 heteroatoms. The zero-order chi connectivity index (χ0) is 21.7. The molecule has 0 atom stereocenters. The highest BCUT2D eigenvalue weighted by atomic mass is 32.2. The van der Waals surface area contributed by atoms with E-state index in [4.69, 9.17) is 0 Å². The molecule has 0 bridgehead atoms. The molecule has 7 nitrogen and oxygen atoms in total. The molecular formula is C22H30N4O3S. The minimum atomic E-state index is -3.60. The van der Waals surface area contributed by atoms with Crippen LogP contribution in [-0.2, 0) is 16.6 Å². The number of nitrogens with zero attached hydrogens (tertiary/aromatic N) is 4. The van der Waals surface area contributed by atoms with Crippen LogP contribution in [0.5, 0.6) is 0 Å². The number of carbonyl (C=O) groups excluding carboxylic acids is 1. The van der Waals surface area contributed by atoms with Crippen LogP contribution in [0.4, 0.5) is 0 Å². The average molecular weight is 431 g/mol. The van der Waals surface area contributed by atoms with Crippen molar-refractivity contribution in [2.75, 3.05) is 39.3 Å². The fourth-order valence-corrected chi connectivity index (χ4v) is 5.22. The van der Waals surface area contributed by atoms with Gasteiger partial charge in [-0.05, 0) is 36.2 Å². The number of carbonyl (C=O) groups is 1. The van der Waals surface area contributed by atoms with Gasteiger partial charge in [-0.15, -0.1) is 0 Å². The molecule has 3 rings (SSSR count). The standard InChI is InChI=1S/C22H30N4O3S/c1-4-26(5-2)30(28,29)20-9-8-18(3)21(15-20)22(27)25-13-11-24(12-14-25)17-19-7-6-10-23-16-19/h6-10,15-16H,4-5,11-14,17H2,1-3H3. The van der Waals surface area contributed by atoms with Crippen LogP contribution in [0.1, 0.15) is 35.3 Å². The predicted octanol–water partition coefficient (Wildman–Crippen LogP) is 2.38. The van der Waals surface area contributed by atoms with Crippen LogP contribution in [0.25, 0.3) is 0 Å². The Morgan fingerprint density at radius 1 is 1.10 bits per heavy atom. The lowest BCUT2D eigenvalue weighted by Crippen LogP contribution is -2.48. The number of hydrogen-bond donors (Lipinski definition) is 0. The molecule has 1 saturated heterocycles. The Labute approximate surface area is 179 Å². The van der Waals surface area contributed by atoms with Crippen molar-refractivity contribution in [2.45, 2.75) is 32.2 Å². The maximum Gasteiger partial charge on any atom is 0.254 e. The summed E-state index contributed by atoms with van der Waals surface area (Å²) in [6.07, 6.45) is 3.62. The maximum atomic E-state index is 13.2. The molecule has 1 aliphatic heterocycles. The molecule has 0 unspecified atom stereocenters. The van der Waals surface area contributed by atoms with E-state index in [-0.39, 0.29) is 10.8 Å². The van der Waals surface area contributed by atoms with Crippen LogP contribution >= 0.6 is 0 Å². The number of benzene rings is 1. The number of amides is 1. The van der Waals surface area contributed by atoms with E-state index in [0.29, 0.717) is 31.7 Å². The summed E-state index contributed by atoms with van der Waals surface area (Å²) < 4.78 is 27.1. The van der Waals surface area contributed by atoms with Crippen LogP contribution < -0.4 is 0 Å². The topological polar surface area (TPSA) is 73.8 Å². The first-order valence-electron chi connectivity index (χ1n) is 10.4. The van der Waals surface area contributed by atoms with E-state index in [1.807, 2.05) is 37.9 Å². The molecule has 30 heavy (non-hydrogen) atoms. The first-order valence-corrected chi connectivity index (χ1v) is 11.8. The molecule has 1 amide bonds. The third-order valence-electron chi connectivity index (χ3n) is 5.57. The minimum Gasteiger partial charge on any atom is -0.336 e. The summed E-state index contributed by atoms with van der Waals surface area (Å²) in [4.78, 5) is 21.6. The summed E-state index contributed by atoms with van der Waals surface area (Å²) in [6.45, 7) is 9.86. The van der Waals surface area contributed by atoms with Gasteiger partial charge >= 0.3 is 0 Å². The van der Waals surface area contributed by atoms with Gasteiger partial charge in [-0.2, -0.15) is 4.31 Å². The highest BCUT2D eigenvalue weighted by Gasteiger charge is 2.27. The Hall–Kier alpha value is -2.29. The number of sulfonamides is 1. The quantitative estimate of drug-likeness (QED) is 0.674. The second-order valence-electron chi connectivity index (χ2n) is 7.50. The van der Waals surface area contributed by atoms with Gasteiger partial charge in [0, 0.05) is 63.8 Å². The Kier molecular flexibility index (Phi) is 7.23. The van der Waals surface area contributed by atoms with Crippen LogP contribution in [0.2, 0.25) is 0 Å². The van der Waals surface area contributed by atoms with Crippen LogP contribution in [0.3, 0.4) is 0 Å². The lowest BCUT2D eigenvalue weighted by atomic mass is 10.1. The molecule has 2 aromatic rings. The molecule has 2 heterocycles. The van der Waals surface area contributed by atoms with Crippen molar-refractivity contribution in [3.05, 3.63) is 59.4 Å². The van der Waals surface area contributed by atoms with Crippen LogP contribution in [0.15, 0.2) is 47.6 Å². The van der Waals surface area contributed by atoms with E-state index in [1.54, 1.807) is 18.3 Å². The van der Waals surface area contributed by atoms with Gasteiger partial charge in [0.25, 0.3) is 5.91 Å². The summed E-state index contributed by atoms with van der Waals surface area (Å²) in [5, 5.41) is 0. The molecule has 0 saturated carbocycles. The number of pyridine rings is 1. The first-order chi connectivity index (χ1) is 14.4. The van der Waals surface area contributed by atoms with E-state index in [9.17, 15) is 13.2 Å². The van der Waals surface area contributed by atoms with Crippen LogP contribution in [0, 0.1) is 6.92 Å². The van der Waals surface area contributed by atoms with Gasteiger partial charge < -0.3 is 4.90 Å². The molecule has 0 spiro atoms. The highest BCUT2D eigenvalue weighted by molar-refractivity contribution is 7.89. The summed E-state index contributed by atoms with van der Waals surface area (Å²) in [5.74, 6) is -0.106. The van der Waals surface area contributed by atoms with E-state index >= 15 is 0 Å². The number of piperazine rings is 1. The van der Waals surface area contributed by atoms with E-state index in [0.717, 1.165) is 30.8 Å². The predicted molar refractivity (Wildman–Crippen MR) is 117 cm³/mol. The third kappa shape index (κ3) is 4.88. The molecule has 1 aromatic carbocycles. The van der Waals surface area contributed by atoms with Gasteiger partial charge in [0.15, 0.2) is 0 Å². The molecule has 0 N–H and O–H groups in total. The van der Waals surface area contributed by atoms with Crippen molar-refractivity contribution in [1.82, 2.24) is 19.1 Å². The Balaban J connectivity index is 1.71. The first kappa shape index (κ1) is 22.4. The molecule has 1 fully saturated rings. The van der Waals surface area contributed by atoms with E-state index in [1.165, 1.54) is 10.4 Å². The van der Waals surface area contributed by atoms with Crippen molar-refractivity contribution in [3.8, 4) is 0 Å². The SMILES string of the molecule is CCN(CC)S(=O)(=O)c1ccc(C)c(C(=O)N2CCN(Cc3cccnc3)CC2)c1. The number of hydrogen-bond acceptors (Lipinski definition) is 5. The van der Waals surface area contributed by atoms with Gasteiger partial charge in [-0.1, -0.05) is 26.0 Å². The molecule has 162 valence electrons. The smallest absolute Gasteiger partial charge is 0.254 e. The Bertz CT molecular complexity index is 967. The maximum absolute atomic E-state index is 13.2. The van der Waals surface area contributed by atoms with Crippen molar-refractivity contribution in [3.63, 3.8) is 0 Å². The highest BCUT2D eigenvalue weighted by Crippen LogP contribution is 2.21. The Morgan fingerprint density at radius 2 is 1.80 bits per heavy atom. The molecular weight excluding hydrogens is 400 g/mol. The lowest BCUT2D eigenvalue weighted by molar-refractivity contribution is 0.0627. The second-order valence-corrected chi connectivity index (χ2v) is 9.43. The summed E-state index contributed by atoms with van der Waals surface area (Å²) >= 11 is 0. The second kappa shape index (κ2) is 9.68. The van der Waals surface area contributed by atoms with Gasteiger partial charge in [0.2, 0.25) is 10.0 Å². The van der Waals surface area contributed by atoms with Gasteiger partial charge in [0.05, 0.1) is 4.90 Å². The zero-order valence-corrected chi connectivity index (χ0v) is 18.7. The van der Waals surface area contributed by atoms with E-state index in [2.05, 4.69) is 16.0 Å². The largest absolute Gasteiger partial charge is 0.336 e. The van der Waals surface area contributed by atoms with Crippen molar-refractivity contribution in [2.24, 2.45) is 0 Å². The fraction of sp³-hybridized carbons (Fsp3) is 0.455. The lowest BCUT2D eigenvalue weighted by Gasteiger charge is -2.35. The van der Waals surface area contributed by atoms with Gasteiger partial charge in [-0.3, -0.25) is 14.7 Å². The Morgan fingerprint density at radius 3 is 2.40 bits per heavy atom. The van der Waals surface area contributed by atoms with Gasteiger partial charge in [-0.25, -0.2) is 8.42 Å². The van der Waals surface area contributed by atoms with Crippen molar-refractivity contribution >= 4 is 15.9 Å². The summed E-state index contributed by atoms with van der Waals surface area (Å²) in [5.41, 5.74) is 2.41. The minimum absolute atomic E-state index is 0.106. The molecule has 0 aliphatic carbocycles. The number of rotatable bonds is 7. The summed E-state index contributed by atoms with van der Waals surface area (Å²) in [6, 6.07) is 8.83. The fourth-order valence-electron chi connectivity index (χ4n) is 3.73. The monoisotopic (exact) mass is 430 g/mol. The molecule has 1 aromatic heterocycles. The molecule has 0 radical (unpaired) electrons. The van der Waals surface area contributed by atoms with Crippen molar-refractivity contribution < 1.29 is 13.2 Å². The van der Waals surface area contributed by atoms with Crippen LogP contribution in [-0.4, -0.2) is 72.7 Å². The van der Waals surface area contributed by atoms with Crippen molar-refractivity contribution in [1.29, 1.82) is 0 Å².